The van der Waals surface area contributed by atoms with Gasteiger partial charge in [0.25, 0.3) is 0 Å². The van der Waals surface area contributed by atoms with Gasteiger partial charge in [-0.2, -0.15) is 0 Å². The van der Waals surface area contributed by atoms with Crippen molar-refractivity contribution in [2.45, 2.75) is 0 Å². The van der Waals surface area contributed by atoms with Crippen LogP contribution in [0.5, 0.6) is 0 Å². The van der Waals surface area contributed by atoms with E-state index in [1.165, 1.54) is 0 Å². The second-order valence-corrected chi connectivity index (χ2v) is 0.577. The van der Waals surface area contributed by atoms with Crippen LogP contribution >= 0.6 is 9.19 Å². The Bertz CT molecular complexity index is 13.5. The zero-order valence-corrected chi connectivity index (χ0v) is 5.49. The van der Waals surface area contributed by atoms with E-state index in [0.717, 1.165) is 0 Å². The summed E-state index contributed by atoms with van der Waals surface area (Å²) in [5, 5.41) is 0. The molecule has 44 valence electrons. The molecule has 2 nitrogen and oxygen atoms in total. The van der Waals surface area contributed by atoms with E-state index in [1.54, 1.807) is 0 Å². The van der Waals surface area contributed by atoms with E-state index in [9.17, 15) is 0 Å². The molecular weight excluding hydrogens is 195 g/mol. The summed E-state index contributed by atoms with van der Waals surface area (Å²) in [4.78, 5) is 0. The summed E-state index contributed by atoms with van der Waals surface area (Å²) in [5.41, 5.74) is 9.81. The zero-order valence-electron chi connectivity index (χ0n) is 3.25. The van der Waals surface area contributed by atoms with Crippen LogP contribution < -0.4 is 11.5 Å². The SMILES string of the molecule is NCCN.[Cl][Ag]. The van der Waals surface area contributed by atoms with Gasteiger partial charge in [-0.1, -0.05) is 0 Å². The van der Waals surface area contributed by atoms with Crippen LogP contribution in [0, 0.1) is 0 Å². The maximum atomic E-state index is 4.90. The Morgan fingerprint density at radius 3 is 1.33 bits per heavy atom. The first-order chi connectivity index (χ1) is 2.91. The van der Waals surface area contributed by atoms with Crippen molar-refractivity contribution in [1.29, 1.82) is 0 Å². The van der Waals surface area contributed by atoms with Crippen LogP contribution in [0.1, 0.15) is 0 Å². The van der Waals surface area contributed by atoms with Crippen LogP contribution in [0.4, 0.5) is 0 Å². The summed E-state index contributed by atoms with van der Waals surface area (Å²) in [6.07, 6.45) is 0. The van der Waals surface area contributed by atoms with E-state index in [4.69, 9.17) is 11.5 Å². The maximum absolute atomic E-state index is 4.90. The summed E-state index contributed by atoms with van der Waals surface area (Å²) in [6, 6.07) is 0. The van der Waals surface area contributed by atoms with Crippen LogP contribution in [0.25, 0.3) is 0 Å². The van der Waals surface area contributed by atoms with Crippen molar-refractivity contribution in [3.05, 3.63) is 0 Å². The second kappa shape index (κ2) is 16.8. The zero-order chi connectivity index (χ0) is 5.41. The van der Waals surface area contributed by atoms with Crippen molar-refractivity contribution < 1.29 is 20.0 Å². The van der Waals surface area contributed by atoms with Gasteiger partial charge < -0.3 is 11.5 Å². The van der Waals surface area contributed by atoms with Gasteiger partial charge >= 0.3 is 29.2 Å². The van der Waals surface area contributed by atoms with Crippen LogP contribution in [0.15, 0.2) is 0 Å². The number of nitrogens with two attached hydrogens (primary N) is 2. The molecule has 0 rings (SSSR count). The predicted octanol–water partition coefficient (Wildman–Crippen LogP) is -0.409. The molecule has 0 unspecified atom stereocenters. The minimum atomic E-state index is 0.597. The molecule has 6 heavy (non-hydrogen) atoms. The van der Waals surface area contributed by atoms with Crippen molar-refractivity contribution in [2.24, 2.45) is 11.5 Å². The van der Waals surface area contributed by atoms with Crippen molar-refractivity contribution in [1.82, 2.24) is 0 Å². The Hall–Kier alpha value is 0.950. The molecule has 0 saturated carbocycles. The van der Waals surface area contributed by atoms with E-state index in [1.807, 2.05) is 0 Å². The molecule has 0 aromatic rings. The van der Waals surface area contributed by atoms with E-state index >= 15 is 0 Å². The fourth-order valence-electron chi connectivity index (χ4n) is 0. The molecule has 0 fully saturated rings. The van der Waals surface area contributed by atoms with E-state index in [-0.39, 0.29) is 0 Å². The molecule has 0 heterocycles. The normalized spacial score (nSPS) is 6.17. The third-order valence-corrected chi connectivity index (χ3v) is 0.167. The number of halogens is 1. The average molecular weight is 203 g/mol. The van der Waals surface area contributed by atoms with Gasteiger partial charge in [0.1, 0.15) is 0 Å². The Morgan fingerprint density at radius 1 is 1.17 bits per heavy atom. The van der Waals surface area contributed by atoms with Crippen LogP contribution in [-0.4, -0.2) is 13.1 Å². The van der Waals surface area contributed by atoms with Gasteiger partial charge in [0.05, 0.1) is 0 Å². The number of hydrogen-bond acceptors (Lipinski definition) is 2. The van der Waals surface area contributed by atoms with Crippen LogP contribution in [0.3, 0.4) is 0 Å². The second-order valence-electron chi connectivity index (χ2n) is 0.577. The molecule has 0 aliphatic rings. The van der Waals surface area contributed by atoms with Crippen molar-refractivity contribution in [3.8, 4) is 0 Å². The molecule has 0 aliphatic carbocycles. The molecule has 0 bridgehead atoms. The van der Waals surface area contributed by atoms with Gasteiger partial charge in [0.15, 0.2) is 0 Å². The summed E-state index contributed by atoms with van der Waals surface area (Å²) < 4.78 is 0. The monoisotopic (exact) mass is 202 g/mol. The number of rotatable bonds is 1. The quantitative estimate of drug-likeness (QED) is 0.569. The van der Waals surface area contributed by atoms with Gasteiger partial charge in [-0.3, -0.25) is 0 Å². The molecular formula is C2H8AgClN2. The van der Waals surface area contributed by atoms with Crippen molar-refractivity contribution in [2.75, 3.05) is 13.1 Å². The summed E-state index contributed by atoms with van der Waals surface area (Å²) in [7, 11) is 4.45. The van der Waals surface area contributed by atoms with Gasteiger partial charge in [-0.25, -0.2) is 0 Å². The molecule has 0 atom stereocenters. The van der Waals surface area contributed by atoms with E-state index in [0.29, 0.717) is 13.1 Å². The topological polar surface area (TPSA) is 52.0 Å². The van der Waals surface area contributed by atoms with E-state index in [2.05, 4.69) is 29.2 Å². The Balaban J connectivity index is 0. The molecule has 0 aliphatic heterocycles. The van der Waals surface area contributed by atoms with E-state index < -0.39 is 0 Å². The Morgan fingerprint density at radius 2 is 1.33 bits per heavy atom. The van der Waals surface area contributed by atoms with Gasteiger partial charge in [0, 0.05) is 13.1 Å². The molecule has 0 aromatic heterocycles. The van der Waals surface area contributed by atoms with Crippen molar-refractivity contribution in [3.63, 3.8) is 0 Å². The van der Waals surface area contributed by atoms with Gasteiger partial charge in [0.2, 0.25) is 0 Å². The third kappa shape index (κ3) is 20.3. The third-order valence-electron chi connectivity index (χ3n) is 0.167. The molecule has 0 amide bonds. The fraction of sp³-hybridized carbons (Fsp3) is 1.00. The first-order valence-corrected chi connectivity index (χ1v) is 3.34. The van der Waals surface area contributed by atoms with Crippen LogP contribution in [-0.2, 0) is 20.0 Å². The molecule has 0 saturated heterocycles. The Labute approximate surface area is 54.0 Å². The first-order valence-electron chi connectivity index (χ1n) is 1.43. The van der Waals surface area contributed by atoms with Gasteiger partial charge in [-0.05, 0) is 0 Å². The standard InChI is InChI=1S/C2H8N2.Ag.ClH/c3-1-2-4;;/h1-4H2;;1H/q;+1;/p-1. The Kier molecular flexibility index (Phi) is 28.0. The van der Waals surface area contributed by atoms with Gasteiger partial charge in [-0.15, -0.1) is 0 Å². The summed E-state index contributed by atoms with van der Waals surface area (Å²) >= 11 is 2.42. The fourth-order valence-corrected chi connectivity index (χ4v) is 0. The van der Waals surface area contributed by atoms with Crippen LogP contribution in [0.2, 0.25) is 0 Å². The van der Waals surface area contributed by atoms with Crippen molar-refractivity contribution >= 4 is 9.19 Å². The molecule has 0 aromatic carbocycles. The summed E-state index contributed by atoms with van der Waals surface area (Å²) in [5.74, 6) is 0. The molecule has 4 heteroatoms. The molecule has 4 N–H and O–H groups in total. The minimum absolute atomic E-state index is 0.597. The molecule has 0 spiro atoms. The average Bonchev–Trinajstić information content (AvgIpc) is 1.72. The number of hydrogen-bond donors (Lipinski definition) is 2. The first kappa shape index (κ1) is 10.0. The predicted molar refractivity (Wildman–Crippen MR) is 24.0 cm³/mol. The molecule has 0 radical (unpaired) electrons. The summed E-state index contributed by atoms with van der Waals surface area (Å²) in [6.45, 7) is 1.19.